The maximum atomic E-state index is 10.6. The van der Waals surface area contributed by atoms with E-state index in [1.54, 1.807) is 0 Å². The summed E-state index contributed by atoms with van der Waals surface area (Å²) in [7, 11) is 0. The van der Waals surface area contributed by atoms with Crippen molar-refractivity contribution in [1.82, 2.24) is 4.90 Å². The van der Waals surface area contributed by atoms with Gasteiger partial charge in [-0.05, 0) is 49.6 Å². The summed E-state index contributed by atoms with van der Waals surface area (Å²) >= 11 is 0. The SMILES string of the molecule is CCN(CCC(=O)O)Cc1cc(C)c(C)cc1C. The Morgan fingerprint density at radius 3 is 2.33 bits per heavy atom. The van der Waals surface area contributed by atoms with Crippen molar-refractivity contribution < 1.29 is 9.90 Å². The molecule has 0 atom stereocenters. The first-order chi connectivity index (χ1) is 8.43. The van der Waals surface area contributed by atoms with Gasteiger partial charge in [-0.2, -0.15) is 0 Å². The van der Waals surface area contributed by atoms with Crippen LogP contribution in [-0.2, 0) is 11.3 Å². The number of hydrogen-bond donors (Lipinski definition) is 1. The highest BCUT2D eigenvalue weighted by Gasteiger charge is 2.09. The van der Waals surface area contributed by atoms with E-state index in [4.69, 9.17) is 5.11 Å². The standard InChI is InChI=1S/C15H23NO2/c1-5-16(7-6-15(17)18)10-14-9-12(3)11(2)8-13(14)4/h8-9H,5-7,10H2,1-4H3,(H,17,18). The highest BCUT2D eigenvalue weighted by Crippen LogP contribution is 2.17. The quantitative estimate of drug-likeness (QED) is 0.842. The van der Waals surface area contributed by atoms with E-state index in [0.29, 0.717) is 6.54 Å². The van der Waals surface area contributed by atoms with Gasteiger partial charge in [0.25, 0.3) is 0 Å². The molecule has 0 saturated carbocycles. The molecule has 18 heavy (non-hydrogen) atoms. The number of aryl methyl sites for hydroxylation is 3. The predicted octanol–water partition coefficient (Wildman–Crippen LogP) is 2.91. The number of hydrogen-bond acceptors (Lipinski definition) is 2. The van der Waals surface area contributed by atoms with Gasteiger partial charge in [-0.1, -0.05) is 19.1 Å². The Hall–Kier alpha value is -1.35. The van der Waals surface area contributed by atoms with Crippen LogP contribution in [-0.4, -0.2) is 29.1 Å². The molecule has 0 aliphatic rings. The molecule has 0 unspecified atom stereocenters. The number of benzene rings is 1. The minimum Gasteiger partial charge on any atom is -0.481 e. The van der Waals surface area contributed by atoms with Crippen molar-refractivity contribution in [3.63, 3.8) is 0 Å². The Morgan fingerprint density at radius 2 is 1.78 bits per heavy atom. The first-order valence-electron chi connectivity index (χ1n) is 6.45. The molecule has 3 heteroatoms. The van der Waals surface area contributed by atoms with Crippen molar-refractivity contribution in [1.29, 1.82) is 0 Å². The van der Waals surface area contributed by atoms with Crippen LogP contribution in [0.4, 0.5) is 0 Å². The largest absolute Gasteiger partial charge is 0.481 e. The van der Waals surface area contributed by atoms with Gasteiger partial charge in [0.1, 0.15) is 0 Å². The topological polar surface area (TPSA) is 40.5 Å². The van der Waals surface area contributed by atoms with Crippen molar-refractivity contribution in [2.75, 3.05) is 13.1 Å². The van der Waals surface area contributed by atoms with E-state index in [-0.39, 0.29) is 6.42 Å². The Morgan fingerprint density at radius 1 is 1.17 bits per heavy atom. The van der Waals surface area contributed by atoms with Gasteiger partial charge in [0.05, 0.1) is 6.42 Å². The second kappa shape index (κ2) is 6.55. The van der Waals surface area contributed by atoms with E-state index < -0.39 is 5.97 Å². The van der Waals surface area contributed by atoms with Crippen LogP contribution < -0.4 is 0 Å². The van der Waals surface area contributed by atoms with Crippen molar-refractivity contribution in [3.8, 4) is 0 Å². The molecule has 1 aromatic carbocycles. The number of carboxylic acids is 1. The van der Waals surface area contributed by atoms with E-state index in [0.717, 1.165) is 13.1 Å². The molecular formula is C15H23NO2. The summed E-state index contributed by atoms with van der Waals surface area (Å²) in [6, 6.07) is 4.42. The molecule has 0 fully saturated rings. The van der Waals surface area contributed by atoms with Gasteiger partial charge in [-0.15, -0.1) is 0 Å². The molecule has 100 valence electrons. The maximum Gasteiger partial charge on any atom is 0.304 e. The van der Waals surface area contributed by atoms with Crippen LogP contribution in [0.25, 0.3) is 0 Å². The van der Waals surface area contributed by atoms with Crippen LogP contribution in [0.5, 0.6) is 0 Å². The van der Waals surface area contributed by atoms with Gasteiger partial charge >= 0.3 is 5.97 Å². The first-order valence-corrected chi connectivity index (χ1v) is 6.45. The third-order valence-electron chi connectivity index (χ3n) is 3.44. The monoisotopic (exact) mass is 249 g/mol. The van der Waals surface area contributed by atoms with Crippen LogP contribution >= 0.6 is 0 Å². The van der Waals surface area contributed by atoms with Gasteiger partial charge in [-0.25, -0.2) is 0 Å². The van der Waals surface area contributed by atoms with E-state index >= 15 is 0 Å². The lowest BCUT2D eigenvalue weighted by molar-refractivity contribution is -0.137. The van der Waals surface area contributed by atoms with Gasteiger partial charge in [0, 0.05) is 13.1 Å². The highest BCUT2D eigenvalue weighted by molar-refractivity contribution is 5.66. The van der Waals surface area contributed by atoms with Crippen molar-refractivity contribution in [2.24, 2.45) is 0 Å². The first kappa shape index (κ1) is 14.7. The van der Waals surface area contributed by atoms with E-state index in [1.165, 1.54) is 22.3 Å². The predicted molar refractivity (Wildman–Crippen MR) is 73.9 cm³/mol. The molecule has 0 saturated heterocycles. The Bertz CT molecular complexity index is 427. The van der Waals surface area contributed by atoms with Crippen molar-refractivity contribution in [3.05, 3.63) is 34.4 Å². The summed E-state index contributed by atoms with van der Waals surface area (Å²) in [5.41, 5.74) is 5.19. The molecule has 0 spiro atoms. The van der Waals surface area contributed by atoms with Gasteiger partial charge in [-0.3, -0.25) is 9.69 Å². The van der Waals surface area contributed by atoms with Gasteiger partial charge in [0.2, 0.25) is 0 Å². The summed E-state index contributed by atoms with van der Waals surface area (Å²) < 4.78 is 0. The number of carboxylic acid groups (broad SMARTS) is 1. The summed E-state index contributed by atoms with van der Waals surface area (Å²) in [5, 5.41) is 8.73. The molecule has 0 heterocycles. The second-order valence-electron chi connectivity index (χ2n) is 4.88. The number of rotatable bonds is 6. The molecular weight excluding hydrogens is 226 g/mol. The molecule has 0 aliphatic heterocycles. The number of nitrogens with zero attached hydrogens (tertiary/aromatic N) is 1. The summed E-state index contributed by atoms with van der Waals surface area (Å²) in [5.74, 6) is -0.731. The summed E-state index contributed by atoms with van der Waals surface area (Å²) in [6.45, 7) is 10.7. The Balaban J connectivity index is 2.75. The molecule has 0 aliphatic carbocycles. The number of aliphatic carboxylic acids is 1. The molecule has 0 bridgehead atoms. The van der Waals surface area contributed by atoms with E-state index in [9.17, 15) is 4.79 Å². The highest BCUT2D eigenvalue weighted by atomic mass is 16.4. The van der Waals surface area contributed by atoms with Gasteiger partial charge < -0.3 is 5.11 Å². The van der Waals surface area contributed by atoms with Crippen LogP contribution in [0.3, 0.4) is 0 Å². The zero-order valence-electron chi connectivity index (χ0n) is 11.8. The summed E-state index contributed by atoms with van der Waals surface area (Å²) in [4.78, 5) is 12.8. The zero-order chi connectivity index (χ0) is 13.7. The summed E-state index contributed by atoms with van der Waals surface area (Å²) in [6.07, 6.45) is 0.206. The smallest absolute Gasteiger partial charge is 0.304 e. The molecule has 0 radical (unpaired) electrons. The third-order valence-corrected chi connectivity index (χ3v) is 3.44. The minimum atomic E-state index is -0.731. The fourth-order valence-electron chi connectivity index (χ4n) is 2.03. The van der Waals surface area contributed by atoms with Crippen LogP contribution in [0.15, 0.2) is 12.1 Å². The lowest BCUT2D eigenvalue weighted by atomic mass is 10.0. The average Bonchev–Trinajstić information content (AvgIpc) is 2.30. The third kappa shape index (κ3) is 4.15. The Labute approximate surface area is 109 Å². The maximum absolute atomic E-state index is 10.6. The molecule has 3 nitrogen and oxygen atoms in total. The molecule has 1 N–H and O–H groups in total. The van der Waals surface area contributed by atoms with Crippen LogP contribution in [0.1, 0.15) is 35.6 Å². The normalized spacial score (nSPS) is 10.9. The second-order valence-corrected chi connectivity index (χ2v) is 4.88. The molecule has 1 aromatic rings. The fourth-order valence-corrected chi connectivity index (χ4v) is 2.03. The lowest BCUT2D eigenvalue weighted by Crippen LogP contribution is -2.26. The van der Waals surface area contributed by atoms with Gasteiger partial charge in [0.15, 0.2) is 0 Å². The average molecular weight is 249 g/mol. The fraction of sp³-hybridized carbons (Fsp3) is 0.533. The minimum absolute atomic E-state index is 0.206. The van der Waals surface area contributed by atoms with Crippen LogP contribution in [0, 0.1) is 20.8 Å². The van der Waals surface area contributed by atoms with Crippen molar-refractivity contribution >= 4 is 5.97 Å². The molecule has 0 amide bonds. The van der Waals surface area contributed by atoms with Crippen LogP contribution in [0.2, 0.25) is 0 Å². The van der Waals surface area contributed by atoms with E-state index in [2.05, 4.69) is 44.7 Å². The zero-order valence-corrected chi connectivity index (χ0v) is 11.8. The molecule has 0 aromatic heterocycles. The number of carbonyl (C=O) groups is 1. The van der Waals surface area contributed by atoms with E-state index in [1.807, 2.05) is 0 Å². The molecule has 1 rings (SSSR count). The Kier molecular flexibility index (Phi) is 5.35. The van der Waals surface area contributed by atoms with Crippen molar-refractivity contribution in [2.45, 2.75) is 40.7 Å². The lowest BCUT2D eigenvalue weighted by Gasteiger charge is -2.21.